The Balaban J connectivity index is 1.60. The molecule has 0 radical (unpaired) electrons. The highest BCUT2D eigenvalue weighted by atomic mass is 32.2. The van der Waals surface area contributed by atoms with Gasteiger partial charge in [0, 0.05) is 18.5 Å². The van der Waals surface area contributed by atoms with E-state index in [0.717, 1.165) is 30.0 Å². The topological polar surface area (TPSA) is 46.2 Å². The fourth-order valence-electron chi connectivity index (χ4n) is 1.95. The van der Waals surface area contributed by atoms with Crippen LogP contribution in [-0.4, -0.2) is 29.5 Å². The number of nitrogens with zero attached hydrogens (tertiary/aromatic N) is 1. The van der Waals surface area contributed by atoms with Crippen LogP contribution in [0.4, 0.5) is 10.2 Å². The summed E-state index contributed by atoms with van der Waals surface area (Å²) in [5.41, 5.74) is 1.13. The summed E-state index contributed by atoms with van der Waals surface area (Å²) in [5.74, 6) is 2.94. The van der Waals surface area contributed by atoms with E-state index in [-0.39, 0.29) is 5.82 Å². The Bertz CT molecular complexity index is 653. The maximum absolute atomic E-state index is 12.8. The molecule has 24 heavy (non-hydrogen) atoms. The Morgan fingerprint density at radius 1 is 1.29 bits per heavy atom. The lowest BCUT2D eigenvalue weighted by molar-refractivity contribution is 0.415. The molecule has 0 bridgehead atoms. The molecule has 4 nitrogen and oxygen atoms in total. The molecule has 1 aromatic carbocycles. The van der Waals surface area contributed by atoms with Gasteiger partial charge in [0.05, 0.1) is 7.11 Å². The third kappa shape index (κ3) is 6.33. The molecule has 7 heteroatoms. The molecule has 2 rings (SSSR count). The van der Waals surface area contributed by atoms with E-state index >= 15 is 0 Å². The number of halogens is 1. The van der Waals surface area contributed by atoms with E-state index < -0.39 is 0 Å². The molecule has 0 atom stereocenters. The van der Waals surface area contributed by atoms with Crippen molar-refractivity contribution >= 4 is 34.9 Å². The first-order chi connectivity index (χ1) is 11.7. The van der Waals surface area contributed by atoms with Crippen LogP contribution in [0.25, 0.3) is 0 Å². The minimum atomic E-state index is -0.196. The average molecular weight is 365 g/mol. The van der Waals surface area contributed by atoms with Crippen LogP contribution in [-0.2, 0) is 5.75 Å². The summed E-state index contributed by atoms with van der Waals surface area (Å²) >= 11 is 7.07. The average Bonchev–Trinajstić information content (AvgIpc) is 2.60. The summed E-state index contributed by atoms with van der Waals surface area (Å²) in [5, 5.41) is 6.70. The molecule has 0 saturated heterocycles. The standard InChI is InChI=1S/C17H20FN3OS2/c1-22-15-4-2-9-19-16(15)21-17(23)20-10-3-11-24-12-13-5-7-14(18)8-6-13/h2,4-9H,3,10-12H2,1H3,(H2,19,20,21,23). The second-order valence-corrected chi connectivity index (χ2v) is 6.48. The van der Waals surface area contributed by atoms with Crippen molar-refractivity contribution in [2.75, 3.05) is 24.7 Å². The van der Waals surface area contributed by atoms with Crippen molar-refractivity contribution < 1.29 is 9.13 Å². The number of benzene rings is 1. The van der Waals surface area contributed by atoms with Crippen LogP contribution in [0.2, 0.25) is 0 Å². The maximum atomic E-state index is 12.8. The molecular weight excluding hydrogens is 345 g/mol. The summed E-state index contributed by atoms with van der Waals surface area (Å²) in [4.78, 5) is 4.19. The van der Waals surface area contributed by atoms with Gasteiger partial charge in [0.25, 0.3) is 0 Å². The number of thiocarbonyl (C=S) groups is 1. The fraction of sp³-hybridized carbons (Fsp3) is 0.294. The van der Waals surface area contributed by atoms with Gasteiger partial charge in [0.2, 0.25) is 0 Å². The van der Waals surface area contributed by atoms with Crippen molar-refractivity contribution in [3.63, 3.8) is 0 Å². The van der Waals surface area contributed by atoms with Crippen LogP contribution < -0.4 is 15.4 Å². The Labute approximate surface area is 151 Å². The molecule has 0 fully saturated rings. The zero-order valence-electron chi connectivity index (χ0n) is 13.4. The first kappa shape index (κ1) is 18.5. The molecule has 0 spiro atoms. The molecule has 0 amide bonds. The fourth-order valence-corrected chi connectivity index (χ4v) is 3.07. The number of hydrogen-bond donors (Lipinski definition) is 2. The number of pyridine rings is 1. The summed E-state index contributed by atoms with van der Waals surface area (Å²) in [7, 11) is 1.59. The molecule has 1 heterocycles. The van der Waals surface area contributed by atoms with Gasteiger partial charge in [-0.1, -0.05) is 12.1 Å². The lowest BCUT2D eigenvalue weighted by Gasteiger charge is -2.12. The summed E-state index contributed by atoms with van der Waals surface area (Å²) in [6.07, 6.45) is 2.66. The number of ether oxygens (including phenoxy) is 1. The van der Waals surface area contributed by atoms with Crippen LogP contribution in [0.5, 0.6) is 5.75 Å². The number of anilines is 1. The summed E-state index contributed by atoms with van der Waals surface area (Å²) in [6.45, 7) is 0.775. The Morgan fingerprint density at radius 2 is 2.08 bits per heavy atom. The second-order valence-electron chi connectivity index (χ2n) is 4.97. The number of rotatable bonds is 8. The number of hydrogen-bond acceptors (Lipinski definition) is 4. The van der Waals surface area contributed by atoms with E-state index in [4.69, 9.17) is 17.0 Å². The minimum absolute atomic E-state index is 0.196. The van der Waals surface area contributed by atoms with Crippen molar-refractivity contribution in [2.24, 2.45) is 0 Å². The number of thioether (sulfide) groups is 1. The molecule has 0 aliphatic rings. The van der Waals surface area contributed by atoms with E-state index in [0.29, 0.717) is 16.7 Å². The monoisotopic (exact) mass is 365 g/mol. The largest absolute Gasteiger partial charge is 0.493 e. The van der Waals surface area contributed by atoms with Crippen LogP contribution in [0.3, 0.4) is 0 Å². The smallest absolute Gasteiger partial charge is 0.174 e. The van der Waals surface area contributed by atoms with E-state index in [9.17, 15) is 4.39 Å². The number of aromatic nitrogens is 1. The zero-order chi connectivity index (χ0) is 17.2. The van der Waals surface area contributed by atoms with Gasteiger partial charge in [-0.2, -0.15) is 11.8 Å². The van der Waals surface area contributed by atoms with Crippen LogP contribution in [0.1, 0.15) is 12.0 Å². The third-order valence-corrected chi connectivity index (χ3v) is 4.52. The van der Waals surface area contributed by atoms with Crippen molar-refractivity contribution in [3.8, 4) is 5.75 Å². The molecule has 2 N–H and O–H groups in total. The van der Waals surface area contributed by atoms with Crippen LogP contribution in [0, 0.1) is 5.82 Å². The Morgan fingerprint density at radius 3 is 2.83 bits per heavy atom. The van der Waals surface area contributed by atoms with Crippen LogP contribution in [0.15, 0.2) is 42.6 Å². The summed E-state index contributed by atoms with van der Waals surface area (Å²) in [6, 6.07) is 10.3. The predicted molar refractivity (Wildman–Crippen MR) is 102 cm³/mol. The first-order valence-corrected chi connectivity index (χ1v) is 9.11. The highest BCUT2D eigenvalue weighted by molar-refractivity contribution is 7.98. The van der Waals surface area contributed by atoms with Gasteiger partial charge < -0.3 is 15.4 Å². The van der Waals surface area contributed by atoms with Gasteiger partial charge in [-0.15, -0.1) is 0 Å². The predicted octanol–water partition coefficient (Wildman–Crippen LogP) is 3.84. The maximum Gasteiger partial charge on any atom is 0.174 e. The second kappa shape index (κ2) is 10.1. The van der Waals surface area contributed by atoms with Gasteiger partial charge >= 0.3 is 0 Å². The highest BCUT2D eigenvalue weighted by Gasteiger charge is 2.04. The van der Waals surface area contributed by atoms with Crippen molar-refractivity contribution in [2.45, 2.75) is 12.2 Å². The van der Waals surface area contributed by atoms with Gasteiger partial charge in [-0.25, -0.2) is 9.37 Å². The highest BCUT2D eigenvalue weighted by Crippen LogP contribution is 2.19. The molecule has 128 valence electrons. The molecule has 2 aromatic rings. The van der Waals surface area contributed by atoms with E-state index in [1.165, 1.54) is 12.1 Å². The molecule has 0 unspecified atom stereocenters. The van der Waals surface area contributed by atoms with Gasteiger partial charge in [-0.05, 0) is 54.2 Å². The molecule has 0 saturated carbocycles. The van der Waals surface area contributed by atoms with Crippen molar-refractivity contribution in [3.05, 3.63) is 54.0 Å². The molecule has 1 aromatic heterocycles. The SMILES string of the molecule is COc1cccnc1NC(=S)NCCCSCc1ccc(F)cc1. The molecular formula is C17H20FN3OS2. The van der Waals surface area contributed by atoms with E-state index in [2.05, 4.69) is 15.6 Å². The molecule has 0 aliphatic heterocycles. The summed E-state index contributed by atoms with van der Waals surface area (Å²) < 4.78 is 18.0. The Hall–Kier alpha value is -1.86. The first-order valence-electron chi connectivity index (χ1n) is 7.55. The third-order valence-electron chi connectivity index (χ3n) is 3.16. The lowest BCUT2D eigenvalue weighted by atomic mass is 10.2. The zero-order valence-corrected chi connectivity index (χ0v) is 15.1. The normalized spacial score (nSPS) is 10.2. The quantitative estimate of drug-likeness (QED) is 0.547. The van der Waals surface area contributed by atoms with Gasteiger partial charge in [0.15, 0.2) is 16.7 Å². The lowest BCUT2D eigenvalue weighted by Crippen LogP contribution is -2.30. The van der Waals surface area contributed by atoms with Gasteiger partial charge in [0.1, 0.15) is 5.82 Å². The van der Waals surface area contributed by atoms with Crippen molar-refractivity contribution in [1.29, 1.82) is 0 Å². The Kier molecular flexibility index (Phi) is 7.77. The van der Waals surface area contributed by atoms with Gasteiger partial charge in [-0.3, -0.25) is 0 Å². The van der Waals surface area contributed by atoms with E-state index in [1.54, 1.807) is 19.4 Å². The minimum Gasteiger partial charge on any atom is -0.493 e. The molecule has 0 aliphatic carbocycles. The van der Waals surface area contributed by atoms with Crippen LogP contribution >= 0.6 is 24.0 Å². The van der Waals surface area contributed by atoms with E-state index in [1.807, 2.05) is 30.0 Å². The van der Waals surface area contributed by atoms with Crippen molar-refractivity contribution in [1.82, 2.24) is 10.3 Å². The number of nitrogens with one attached hydrogen (secondary N) is 2. The number of methoxy groups -OCH3 is 1.